The third-order valence-electron chi connectivity index (χ3n) is 6.50. The zero-order chi connectivity index (χ0) is 25.2. The van der Waals surface area contributed by atoms with E-state index in [1.54, 1.807) is 26.9 Å². The zero-order valence-corrected chi connectivity index (χ0v) is 23.7. The van der Waals surface area contributed by atoms with Crippen molar-refractivity contribution in [1.29, 1.82) is 0 Å². The molecule has 1 unspecified atom stereocenters. The first kappa shape index (κ1) is 25.6. The molecule has 36 heavy (non-hydrogen) atoms. The second-order valence-electron chi connectivity index (χ2n) is 8.76. The van der Waals surface area contributed by atoms with E-state index >= 15 is 0 Å². The smallest absolute Gasteiger partial charge is 0.251 e. The number of rotatable bonds is 7. The summed E-state index contributed by atoms with van der Waals surface area (Å²) in [4.78, 5) is 20.4. The SMILES string of the molecule is COCc1cc(Cl)cc(C(C)n2ccc(-c3cn(SI)c4ncc(N5CCOCC5)cc34)cc2=O)c1. The molecule has 4 aromatic rings. The number of fused-ring (bicyclic) bond motifs is 1. The molecular weight excluding hydrogens is 611 g/mol. The van der Waals surface area contributed by atoms with Gasteiger partial charge in [-0.2, -0.15) is 0 Å². The van der Waals surface area contributed by atoms with Gasteiger partial charge in [-0.05, 0) is 47.9 Å². The normalized spacial score (nSPS) is 14.9. The van der Waals surface area contributed by atoms with Gasteiger partial charge in [-0.15, -0.1) is 0 Å². The van der Waals surface area contributed by atoms with Gasteiger partial charge in [-0.1, -0.05) is 17.7 Å². The molecule has 0 saturated carbocycles. The molecule has 1 aromatic carbocycles. The lowest BCUT2D eigenvalue weighted by Crippen LogP contribution is -2.36. The Hall–Kier alpha value is -2.05. The molecule has 3 aromatic heterocycles. The molecule has 4 heterocycles. The number of hydrogen-bond acceptors (Lipinski definition) is 6. The van der Waals surface area contributed by atoms with Crippen LogP contribution in [0.2, 0.25) is 5.02 Å². The van der Waals surface area contributed by atoms with Gasteiger partial charge in [0, 0.05) is 85.0 Å². The minimum absolute atomic E-state index is 0.0754. The largest absolute Gasteiger partial charge is 0.380 e. The quantitative estimate of drug-likeness (QED) is 0.234. The summed E-state index contributed by atoms with van der Waals surface area (Å²) in [6.07, 6.45) is 5.83. The van der Waals surface area contributed by atoms with E-state index < -0.39 is 0 Å². The molecule has 10 heteroatoms. The summed E-state index contributed by atoms with van der Waals surface area (Å²) in [5, 5.41) is 1.65. The summed E-state index contributed by atoms with van der Waals surface area (Å²) in [7, 11) is 3.21. The standard InChI is InChI=1S/C26H26ClIN4O3S/c1-17(20-9-18(16-34-2)10-21(27)11-20)31-4-3-19(12-25(31)33)24-15-32(36-28)26-23(24)13-22(14-29-26)30-5-7-35-8-6-30/h3-4,9-15,17H,5-8,16H2,1-2H3. The number of morpholine rings is 1. The summed E-state index contributed by atoms with van der Waals surface area (Å²) < 4.78 is 14.5. The van der Waals surface area contributed by atoms with Gasteiger partial charge < -0.3 is 18.9 Å². The van der Waals surface area contributed by atoms with Gasteiger partial charge >= 0.3 is 0 Å². The van der Waals surface area contributed by atoms with Crippen molar-refractivity contribution < 1.29 is 9.47 Å². The van der Waals surface area contributed by atoms with Crippen LogP contribution in [-0.4, -0.2) is 46.9 Å². The van der Waals surface area contributed by atoms with Crippen molar-refractivity contribution in [3.05, 3.63) is 81.5 Å². The topological polar surface area (TPSA) is 61.5 Å². The van der Waals surface area contributed by atoms with Crippen LogP contribution in [0.4, 0.5) is 5.69 Å². The van der Waals surface area contributed by atoms with Gasteiger partial charge in [0.1, 0.15) is 0 Å². The first-order valence-corrected chi connectivity index (χ1v) is 15.3. The Morgan fingerprint density at radius 2 is 2.03 bits per heavy atom. The van der Waals surface area contributed by atoms with E-state index in [2.05, 4.69) is 38.4 Å². The summed E-state index contributed by atoms with van der Waals surface area (Å²) in [5.41, 5.74) is 5.66. The van der Waals surface area contributed by atoms with Gasteiger partial charge in [-0.25, -0.2) is 4.98 Å². The van der Waals surface area contributed by atoms with Crippen LogP contribution in [-0.2, 0) is 16.1 Å². The van der Waals surface area contributed by atoms with E-state index in [0.717, 1.165) is 52.1 Å². The maximum atomic E-state index is 13.3. The van der Waals surface area contributed by atoms with Crippen molar-refractivity contribution in [2.24, 2.45) is 0 Å². The van der Waals surface area contributed by atoms with Crippen LogP contribution >= 0.6 is 41.9 Å². The molecule has 7 nitrogen and oxygen atoms in total. The third-order valence-corrected chi connectivity index (χ3v) is 8.42. The molecule has 0 N–H and O–H groups in total. The summed E-state index contributed by atoms with van der Waals surface area (Å²) in [6.45, 7) is 5.58. The van der Waals surface area contributed by atoms with Gasteiger partial charge in [0.2, 0.25) is 0 Å². The van der Waals surface area contributed by atoms with Crippen LogP contribution in [0, 0.1) is 0 Å². The molecule has 0 aliphatic carbocycles. The number of aromatic nitrogens is 3. The van der Waals surface area contributed by atoms with Crippen molar-refractivity contribution in [3.8, 4) is 11.1 Å². The molecule has 1 saturated heterocycles. The average molecular weight is 637 g/mol. The summed E-state index contributed by atoms with van der Waals surface area (Å²) >= 11 is 8.59. The number of anilines is 1. The van der Waals surface area contributed by atoms with E-state index in [1.165, 1.54) is 0 Å². The van der Waals surface area contributed by atoms with Gasteiger partial charge in [0.15, 0.2) is 5.65 Å². The Kier molecular flexibility index (Phi) is 7.92. The first-order valence-electron chi connectivity index (χ1n) is 11.6. The number of nitrogens with zero attached hydrogens (tertiary/aromatic N) is 4. The second kappa shape index (κ2) is 11.1. The van der Waals surface area contributed by atoms with Crippen LogP contribution in [0.25, 0.3) is 22.2 Å². The number of ether oxygens (including phenoxy) is 2. The minimum atomic E-state index is -0.179. The van der Waals surface area contributed by atoms with Crippen LogP contribution < -0.4 is 10.5 Å². The maximum Gasteiger partial charge on any atom is 0.251 e. The Labute approximate surface area is 231 Å². The Morgan fingerprint density at radius 1 is 1.22 bits per heavy atom. The van der Waals surface area contributed by atoms with E-state index in [9.17, 15) is 4.79 Å². The van der Waals surface area contributed by atoms with Gasteiger partial charge in [0.25, 0.3) is 5.56 Å². The highest BCUT2D eigenvalue weighted by Gasteiger charge is 2.18. The molecule has 0 spiro atoms. The second-order valence-corrected chi connectivity index (χ2v) is 10.9. The monoisotopic (exact) mass is 636 g/mol. The van der Waals surface area contributed by atoms with Gasteiger partial charge in [-0.3, -0.25) is 8.77 Å². The maximum absolute atomic E-state index is 13.3. The van der Waals surface area contributed by atoms with Crippen LogP contribution in [0.5, 0.6) is 0 Å². The Balaban J connectivity index is 1.52. The third kappa shape index (κ3) is 5.17. The lowest BCUT2D eigenvalue weighted by Gasteiger charge is -2.28. The van der Waals surface area contributed by atoms with E-state index in [4.69, 9.17) is 26.1 Å². The zero-order valence-electron chi connectivity index (χ0n) is 20.0. The molecule has 1 aliphatic heterocycles. The Bertz CT molecular complexity index is 1450. The lowest BCUT2D eigenvalue weighted by molar-refractivity contribution is 0.122. The molecule has 1 atom stereocenters. The number of hydrogen-bond donors (Lipinski definition) is 0. The van der Waals surface area contributed by atoms with Crippen LogP contribution in [0.3, 0.4) is 0 Å². The fourth-order valence-electron chi connectivity index (χ4n) is 4.65. The van der Waals surface area contributed by atoms with E-state index in [-0.39, 0.29) is 11.6 Å². The predicted octanol–water partition coefficient (Wildman–Crippen LogP) is 5.96. The highest BCUT2D eigenvalue weighted by molar-refractivity contribution is 14.2. The molecular formula is C26H26ClIN4O3S. The van der Waals surface area contributed by atoms with E-state index in [1.807, 2.05) is 47.6 Å². The molecule has 1 aliphatic rings. The highest BCUT2D eigenvalue weighted by atomic mass is 127. The first-order chi connectivity index (χ1) is 17.5. The molecule has 0 amide bonds. The molecule has 1 fully saturated rings. The number of pyridine rings is 2. The molecule has 0 bridgehead atoms. The fourth-order valence-corrected chi connectivity index (χ4v) is 6.17. The number of methoxy groups -OCH3 is 1. The van der Waals surface area contributed by atoms with Crippen LogP contribution in [0.1, 0.15) is 24.1 Å². The highest BCUT2D eigenvalue weighted by Crippen LogP contribution is 2.35. The minimum Gasteiger partial charge on any atom is -0.380 e. The number of halogens is 2. The van der Waals surface area contributed by atoms with Crippen molar-refractivity contribution >= 4 is 58.6 Å². The van der Waals surface area contributed by atoms with E-state index in [0.29, 0.717) is 24.8 Å². The molecule has 0 radical (unpaired) electrons. The van der Waals surface area contributed by atoms with Crippen LogP contribution in [0.15, 0.2) is 59.8 Å². The van der Waals surface area contributed by atoms with Crippen molar-refractivity contribution in [2.45, 2.75) is 19.6 Å². The summed E-state index contributed by atoms with van der Waals surface area (Å²) in [5.74, 6) is 0. The average Bonchev–Trinajstić information content (AvgIpc) is 3.26. The van der Waals surface area contributed by atoms with Crippen molar-refractivity contribution in [3.63, 3.8) is 0 Å². The lowest BCUT2D eigenvalue weighted by atomic mass is 10.0. The van der Waals surface area contributed by atoms with Crippen molar-refractivity contribution in [2.75, 3.05) is 38.3 Å². The summed E-state index contributed by atoms with van der Waals surface area (Å²) in [6, 6.07) is 11.5. The Morgan fingerprint density at radius 3 is 2.75 bits per heavy atom. The molecule has 188 valence electrons. The predicted molar refractivity (Wildman–Crippen MR) is 155 cm³/mol. The van der Waals surface area contributed by atoms with Gasteiger partial charge in [0.05, 0.1) is 37.7 Å². The fraction of sp³-hybridized carbons (Fsp3) is 0.308. The van der Waals surface area contributed by atoms with Crippen molar-refractivity contribution in [1.82, 2.24) is 13.5 Å². The number of benzene rings is 1. The molecule has 5 rings (SSSR count).